The van der Waals surface area contributed by atoms with Gasteiger partial charge in [-0.15, -0.1) is 0 Å². The van der Waals surface area contributed by atoms with Crippen LogP contribution in [0.1, 0.15) is 15.9 Å². The number of hydrogen-bond donors (Lipinski definition) is 3. The molecule has 0 heterocycles. The van der Waals surface area contributed by atoms with Crippen molar-refractivity contribution in [3.63, 3.8) is 0 Å². The van der Waals surface area contributed by atoms with Crippen LogP contribution in [0.3, 0.4) is 0 Å². The van der Waals surface area contributed by atoms with Crippen molar-refractivity contribution < 1.29 is 14.3 Å². The Morgan fingerprint density at radius 3 is 2.24 bits per heavy atom. The normalized spacial score (nSPS) is 10.2. The highest BCUT2D eigenvalue weighted by molar-refractivity contribution is 5.95. The monoisotopic (exact) mass is 341 g/mol. The molecule has 0 atom stereocenters. The van der Waals surface area contributed by atoms with Crippen molar-refractivity contribution in [3.05, 3.63) is 59.7 Å². The van der Waals surface area contributed by atoms with Gasteiger partial charge < -0.3 is 20.7 Å². The molecule has 0 bridgehead atoms. The van der Waals surface area contributed by atoms with Crippen LogP contribution in [0.2, 0.25) is 0 Å². The van der Waals surface area contributed by atoms with Crippen LogP contribution in [-0.4, -0.2) is 38.6 Å². The molecule has 0 unspecified atom stereocenters. The minimum absolute atomic E-state index is 0.134. The van der Waals surface area contributed by atoms with Crippen LogP contribution >= 0.6 is 0 Å². The van der Waals surface area contributed by atoms with Crippen LogP contribution in [-0.2, 0) is 9.53 Å². The Hall–Kier alpha value is -2.86. The molecule has 0 radical (unpaired) electrons. The van der Waals surface area contributed by atoms with Gasteiger partial charge in [0.2, 0.25) is 5.91 Å². The maximum absolute atomic E-state index is 11.9. The number of carbonyl (C=O) groups is 2. The molecule has 0 aromatic heterocycles. The van der Waals surface area contributed by atoms with E-state index in [1.807, 2.05) is 31.2 Å². The summed E-state index contributed by atoms with van der Waals surface area (Å²) < 4.78 is 4.89. The number of benzene rings is 2. The molecule has 0 fully saturated rings. The quantitative estimate of drug-likeness (QED) is 0.644. The first kappa shape index (κ1) is 18.5. The second-order valence-electron chi connectivity index (χ2n) is 5.59. The smallest absolute Gasteiger partial charge is 0.251 e. The highest BCUT2D eigenvalue weighted by Crippen LogP contribution is 2.11. The maximum Gasteiger partial charge on any atom is 0.251 e. The van der Waals surface area contributed by atoms with Gasteiger partial charge in [-0.3, -0.25) is 9.59 Å². The largest absolute Gasteiger partial charge is 0.383 e. The Morgan fingerprint density at radius 1 is 0.960 bits per heavy atom. The van der Waals surface area contributed by atoms with Crippen LogP contribution in [0.15, 0.2) is 48.5 Å². The Balaban J connectivity index is 1.79. The van der Waals surface area contributed by atoms with E-state index in [1.54, 1.807) is 31.4 Å². The van der Waals surface area contributed by atoms with Crippen LogP contribution < -0.4 is 16.0 Å². The van der Waals surface area contributed by atoms with E-state index in [2.05, 4.69) is 16.0 Å². The zero-order valence-corrected chi connectivity index (χ0v) is 14.5. The van der Waals surface area contributed by atoms with E-state index < -0.39 is 0 Å². The summed E-state index contributed by atoms with van der Waals surface area (Å²) in [6, 6.07) is 14.6. The maximum atomic E-state index is 11.9. The summed E-state index contributed by atoms with van der Waals surface area (Å²) in [6.45, 7) is 3.08. The number of hydrogen-bond acceptors (Lipinski definition) is 4. The van der Waals surface area contributed by atoms with Crippen molar-refractivity contribution in [3.8, 4) is 0 Å². The fourth-order valence-electron chi connectivity index (χ4n) is 2.13. The molecular weight excluding hydrogens is 318 g/mol. The molecule has 25 heavy (non-hydrogen) atoms. The van der Waals surface area contributed by atoms with E-state index in [-0.39, 0.29) is 18.4 Å². The molecule has 0 aliphatic rings. The SMILES string of the molecule is COCCNC(=O)c1ccc(NCC(=O)Nc2ccc(C)cc2)cc1. The van der Waals surface area contributed by atoms with E-state index in [9.17, 15) is 9.59 Å². The van der Waals surface area contributed by atoms with Crippen molar-refractivity contribution in [1.29, 1.82) is 0 Å². The van der Waals surface area contributed by atoms with Crippen LogP contribution in [0.5, 0.6) is 0 Å². The first-order valence-electron chi connectivity index (χ1n) is 8.06. The Labute approximate surface area is 147 Å². The average Bonchev–Trinajstić information content (AvgIpc) is 2.62. The number of nitrogens with one attached hydrogen (secondary N) is 3. The fraction of sp³-hybridized carbons (Fsp3) is 0.263. The topological polar surface area (TPSA) is 79.5 Å². The highest BCUT2D eigenvalue weighted by atomic mass is 16.5. The van der Waals surface area contributed by atoms with Gasteiger partial charge >= 0.3 is 0 Å². The lowest BCUT2D eigenvalue weighted by atomic mass is 10.2. The minimum Gasteiger partial charge on any atom is -0.383 e. The predicted molar refractivity (Wildman–Crippen MR) is 98.9 cm³/mol. The zero-order valence-electron chi connectivity index (χ0n) is 14.5. The lowest BCUT2D eigenvalue weighted by Crippen LogP contribution is -2.26. The number of carbonyl (C=O) groups excluding carboxylic acids is 2. The summed E-state index contributed by atoms with van der Waals surface area (Å²) in [6.07, 6.45) is 0. The van der Waals surface area contributed by atoms with Gasteiger partial charge in [-0.1, -0.05) is 17.7 Å². The van der Waals surface area contributed by atoms with Gasteiger partial charge in [0.05, 0.1) is 13.2 Å². The molecule has 0 saturated heterocycles. The van der Waals surface area contributed by atoms with Gasteiger partial charge in [0.15, 0.2) is 0 Å². The molecule has 3 N–H and O–H groups in total. The van der Waals surface area contributed by atoms with E-state index in [0.717, 1.165) is 16.9 Å². The minimum atomic E-state index is -0.152. The lowest BCUT2D eigenvalue weighted by molar-refractivity contribution is -0.114. The Kier molecular flexibility index (Phi) is 6.98. The van der Waals surface area contributed by atoms with Crippen LogP contribution in [0.25, 0.3) is 0 Å². The number of rotatable bonds is 8. The molecule has 2 amide bonds. The molecule has 6 nitrogen and oxygen atoms in total. The first-order valence-corrected chi connectivity index (χ1v) is 8.06. The van der Waals surface area contributed by atoms with Gasteiger partial charge in [0.1, 0.15) is 0 Å². The molecule has 0 aliphatic carbocycles. The standard InChI is InChI=1S/C19H23N3O3/c1-14-3-7-17(8-4-14)22-18(23)13-21-16-9-5-15(6-10-16)19(24)20-11-12-25-2/h3-10,21H,11-13H2,1-2H3,(H,20,24)(H,22,23). The van der Waals surface area contributed by atoms with Gasteiger partial charge in [-0.05, 0) is 43.3 Å². The molecule has 2 aromatic rings. The molecular formula is C19H23N3O3. The van der Waals surface area contributed by atoms with E-state index in [0.29, 0.717) is 18.7 Å². The van der Waals surface area contributed by atoms with Crippen molar-refractivity contribution in [2.24, 2.45) is 0 Å². The summed E-state index contributed by atoms with van der Waals surface area (Å²) in [5, 5.41) is 8.60. The molecule has 0 spiro atoms. The summed E-state index contributed by atoms with van der Waals surface area (Å²) in [5.41, 5.74) is 3.24. The van der Waals surface area contributed by atoms with Crippen molar-refractivity contribution >= 4 is 23.2 Å². The van der Waals surface area contributed by atoms with Crippen LogP contribution in [0, 0.1) is 6.92 Å². The molecule has 6 heteroatoms. The third kappa shape index (κ3) is 6.27. The fourth-order valence-corrected chi connectivity index (χ4v) is 2.13. The molecule has 2 aromatic carbocycles. The zero-order chi connectivity index (χ0) is 18.1. The Bertz CT molecular complexity index is 697. The number of amides is 2. The summed E-state index contributed by atoms with van der Waals surface area (Å²) >= 11 is 0. The van der Waals surface area contributed by atoms with Crippen molar-refractivity contribution in [1.82, 2.24) is 5.32 Å². The van der Waals surface area contributed by atoms with Gasteiger partial charge in [-0.25, -0.2) is 0 Å². The molecule has 0 aliphatic heterocycles. The number of aryl methyl sites for hydroxylation is 1. The lowest BCUT2D eigenvalue weighted by Gasteiger charge is -2.09. The number of ether oxygens (including phenoxy) is 1. The van der Waals surface area contributed by atoms with E-state index in [1.165, 1.54) is 0 Å². The Morgan fingerprint density at radius 2 is 1.60 bits per heavy atom. The summed E-state index contributed by atoms with van der Waals surface area (Å²) in [7, 11) is 1.58. The van der Waals surface area contributed by atoms with Crippen LogP contribution in [0.4, 0.5) is 11.4 Å². The number of methoxy groups -OCH3 is 1. The third-order valence-corrected chi connectivity index (χ3v) is 3.53. The van der Waals surface area contributed by atoms with Gasteiger partial charge in [0.25, 0.3) is 5.91 Å². The van der Waals surface area contributed by atoms with E-state index in [4.69, 9.17) is 4.74 Å². The second kappa shape index (κ2) is 9.44. The summed E-state index contributed by atoms with van der Waals surface area (Å²) in [5.74, 6) is -0.286. The number of anilines is 2. The van der Waals surface area contributed by atoms with Gasteiger partial charge in [0, 0.05) is 30.6 Å². The second-order valence-corrected chi connectivity index (χ2v) is 5.59. The van der Waals surface area contributed by atoms with Gasteiger partial charge in [-0.2, -0.15) is 0 Å². The van der Waals surface area contributed by atoms with Crippen molar-refractivity contribution in [2.45, 2.75) is 6.92 Å². The molecule has 0 saturated carbocycles. The predicted octanol–water partition coefficient (Wildman–Crippen LogP) is 2.42. The van der Waals surface area contributed by atoms with E-state index >= 15 is 0 Å². The third-order valence-electron chi connectivity index (χ3n) is 3.53. The van der Waals surface area contributed by atoms with Crippen molar-refractivity contribution in [2.75, 3.05) is 37.4 Å². The summed E-state index contributed by atoms with van der Waals surface area (Å²) in [4.78, 5) is 23.8. The molecule has 132 valence electrons. The average molecular weight is 341 g/mol. The highest BCUT2D eigenvalue weighted by Gasteiger charge is 2.06. The first-order chi connectivity index (χ1) is 12.1. The molecule has 2 rings (SSSR count).